The van der Waals surface area contributed by atoms with Crippen molar-refractivity contribution in [2.24, 2.45) is 0 Å². The molecule has 0 aliphatic carbocycles. The fourth-order valence-corrected chi connectivity index (χ4v) is 1.95. The molecule has 2 amide bonds. The standard InChI is InChI=1S/C11H21N3O4/c1-8(7-14-4-2-3-5-14)13-11(18)12-6-9(15)10(16)17/h8-9,15H,2-7H2,1H3,(H,16,17)(H2,12,13,18). The highest BCUT2D eigenvalue weighted by Crippen LogP contribution is 2.07. The zero-order chi connectivity index (χ0) is 13.5. The molecule has 1 fully saturated rings. The predicted molar refractivity (Wildman–Crippen MR) is 65.3 cm³/mol. The van der Waals surface area contributed by atoms with Gasteiger partial charge in [0.25, 0.3) is 0 Å². The normalized spacial score (nSPS) is 19.2. The van der Waals surface area contributed by atoms with Crippen molar-refractivity contribution in [1.29, 1.82) is 0 Å². The van der Waals surface area contributed by atoms with E-state index >= 15 is 0 Å². The largest absolute Gasteiger partial charge is 0.479 e. The second-order valence-corrected chi connectivity index (χ2v) is 4.62. The van der Waals surface area contributed by atoms with E-state index in [1.54, 1.807) is 0 Å². The number of aliphatic hydroxyl groups is 1. The van der Waals surface area contributed by atoms with Crippen LogP contribution in [0.4, 0.5) is 4.79 Å². The lowest BCUT2D eigenvalue weighted by atomic mass is 10.3. The first-order valence-electron chi connectivity index (χ1n) is 6.16. The summed E-state index contributed by atoms with van der Waals surface area (Å²) in [5.74, 6) is -1.35. The lowest BCUT2D eigenvalue weighted by Crippen LogP contribution is -2.48. The van der Waals surface area contributed by atoms with Crippen molar-refractivity contribution >= 4 is 12.0 Å². The van der Waals surface area contributed by atoms with Crippen molar-refractivity contribution in [2.45, 2.75) is 31.9 Å². The van der Waals surface area contributed by atoms with Crippen LogP contribution < -0.4 is 10.6 Å². The fourth-order valence-electron chi connectivity index (χ4n) is 1.95. The third kappa shape index (κ3) is 5.33. The van der Waals surface area contributed by atoms with Gasteiger partial charge in [-0.15, -0.1) is 0 Å². The minimum Gasteiger partial charge on any atom is -0.479 e. The van der Waals surface area contributed by atoms with E-state index in [-0.39, 0.29) is 12.6 Å². The lowest BCUT2D eigenvalue weighted by Gasteiger charge is -2.21. The SMILES string of the molecule is CC(CN1CCCC1)NC(=O)NCC(O)C(=O)O. The minimum absolute atomic E-state index is 0.00919. The molecular weight excluding hydrogens is 238 g/mol. The molecule has 18 heavy (non-hydrogen) atoms. The van der Waals surface area contributed by atoms with Gasteiger partial charge < -0.3 is 25.7 Å². The maximum Gasteiger partial charge on any atom is 0.334 e. The first-order valence-corrected chi connectivity index (χ1v) is 6.16. The van der Waals surface area contributed by atoms with Gasteiger partial charge in [0.1, 0.15) is 0 Å². The smallest absolute Gasteiger partial charge is 0.334 e. The summed E-state index contributed by atoms with van der Waals surface area (Å²) in [7, 11) is 0. The number of hydrogen-bond donors (Lipinski definition) is 4. The molecule has 0 aromatic rings. The molecular formula is C11H21N3O4. The number of nitrogens with one attached hydrogen (secondary N) is 2. The van der Waals surface area contributed by atoms with Crippen LogP contribution in [0.1, 0.15) is 19.8 Å². The van der Waals surface area contributed by atoms with Gasteiger partial charge in [-0.25, -0.2) is 9.59 Å². The van der Waals surface area contributed by atoms with E-state index in [0.29, 0.717) is 0 Å². The quantitative estimate of drug-likeness (QED) is 0.501. The maximum absolute atomic E-state index is 11.4. The van der Waals surface area contributed by atoms with E-state index in [1.165, 1.54) is 12.8 Å². The van der Waals surface area contributed by atoms with Gasteiger partial charge in [0.2, 0.25) is 0 Å². The molecule has 1 rings (SSSR count). The molecule has 0 spiro atoms. The van der Waals surface area contributed by atoms with Gasteiger partial charge in [-0.05, 0) is 32.9 Å². The summed E-state index contributed by atoms with van der Waals surface area (Å²) < 4.78 is 0. The van der Waals surface area contributed by atoms with Crippen LogP contribution in [0.15, 0.2) is 0 Å². The molecule has 0 bridgehead atoms. The van der Waals surface area contributed by atoms with E-state index in [2.05, 4.69) is 15.5 Å². The summed E-state index contributed by atoms with van der Waals surface area (Å²) in [6, 6.07) is -0.466. The fraction of sp³-hybridized carbons (Fsp3) is 0.818. The van der Waals surface area contributed by atoms with E-state index in [9.17, 15) is 9.59 Å². The number of likely N-dealkylation sites (tertiary alicyclic amines) is 1. The molecule has 0 saturated carbocycles. The number of carboxylic acid groups (broad SMARTS) is 1. The Hall–Kier alpha value is -1.34. The molecule has 1 saturated heterocycles. The molecule has 4 N–H and O–H groups in total. The van der Waals surface area contributed by atoms with Gasteiger partial charge in [0.15, 0.2) is 6.10 Å². The van der Waals surface area contributed by atoms with Crippen LogP contribution in [0.5, 0.6) is 0 Å². The van der Waals surface area contributed by atoms with Crippen molar-refractivity contribution in [1.82, 2.24) is 15.5 Å². The number of nitrogens with zero attached hydrogens (tertiary/aromatic N) is 1. The molecule has 0 aromatic carbocycles. The van der Waals surface area contributed by atoms with Crippen molar-refractivity contribution in [3.8, 4) is 0 Å². The molecule has 2 unspecified atom stereocenters. The van der Waals surface area contributed by atoms with Crippen LogP contribution in [0.2, 0.25) is 0 Å². The second kappa shape index (κ2) is 7.17. The number of hydrogen-bond acceptors (Lipinski definition) is 4. The van der Waals surface area contributed by atoms with Crippen molar-refractivity contribution in [3.05, 3.63) is 0 Å². The first kappa shape index (κ1) is 14.7. The van der Waals surface area contributed by atoms with Gasteiger partial charge in [0.05, 0.1) is 6.54 Å². The summed E-state index contributed by atoms with van der Waals surface area (Å²) in [5, 5.41) is 22.5. The third-order valence-electron chi connectivity index (χ3n) is 2.85. The third-order valence-corrected chi connectivity index (χ3v) is 2.85. The minimum atomic E-state index is -1.57. The predicted octanol–water partition coefficient (Wildman–Crippen LogP) is -0.785. The summed E-state index contributed by atoms with van der Waals surface area (Å²) in [4.78, 5) is 24.0. The van der Waals surface area contributed by atoms with Crippen LogP contribution in [0.3, 0.4) is 0 Å². The van der Waals surface area contributed by atoms with Gasteiger partial charge in [-0.1, -0.05) is 0 Å². The molecule has 0 radical (unpaired) electrons. The highest BCUT2D eigenvalue weighted by Gasteiger charge is 2.17. The molecule has 1 aliphatic rings. The Morgan fingerprint density at radius 3 is 2.50 bits per heavy atom. The average Bonchev–Trinajstić information content (AvgIpc) is 2.78. The number of carbonyl (C=O) groups is 2. The van der Waals surface area contributed by atoms with Crippen LogP contribution >= 0.6 is 0 Å². The molecule has 1 heterocycles. The number of carboxylic acids is 1. The number of aliphatic hydroxyl groups excluding tert-OH is 1. The van der Waals surface area contributed by atoms with Crippen LogP contribution in [-0.4, -0.2) is 65.4 Å². The highest BCUT2D eigenvalue weighted by atomic mass is 16.4. The van der Waals surface area contributed by atoms with Crippen LogP contribution in [-0.2, 0) is 4.79 Å². The number of urea groups is 1. The number of carbonyl (C=O) groups excluding carboxylic acids is 1. The zero-order valence-corrected chi connectivity index (χ0v) is 10.6. The van der Waals surface area contributed by atoms with Crippen molar-refractivity contribution < 1.29 is 19.8 Å². The molecule has 0 aromatic heterocycles. The zero-order valence-electron chi connectivity index (χ0n) is 10.6. The Morgan fingerprint density at radius 2 is 1.94 bits per heavy atom. The van der Waals surface area contributed by atoms with E-state index in [0.717, 1.165) is 19.6 Å². The Bertz CT molecular complexity index is 292. The summed E-state index contributed by atoms with van der Waals surface area (Å²) in [6.45, 7) is 4.51. The Balaban J connectivity index is 2.16. The molecule has 1 aliphatic heterocycles. The Morgan fingerprint density at radius 1 is 1.33 bits per heavy atom. The molecule has 104 valence electrons. The Labute approximate surface area is 106 Å². The number of rotatable bonds is 6. The maximum atomic E-state index is 11.4. The lowest BCUT2D eigenvalue weighted by molar-refractivity contribution is -0.146. The monoisotopic (exact) mass is 259 g/mol. The van der Waals surface area contributed by atoms with Crippen LogP contribution in [0, 0.1) is 0 Å². The van der Waals surface area contributed by atoms with E-state index < -0.39 is 18.1 Å². The summed E-state index contributed by atoms with van der Waals surface area (Å²) >= 11 is 0. The summed E-state index contributed by atoms with van der Waals surface area (Å²) in [6.07, 6.45) is 0.831. The van der Waals surface area contributed by atoms with Gasteiger partial charge in [0, 0.05) is 12.6 Å². The van der Waals surface area contributed by atoms with E-state index in [4.69, 9.17) is 10.2 Å². The number of aliphatic carboxylic acids is 1. The Kier molecular flexibility index (Phi) is 5.87. The van der Waals surface area contributed by atoms with Gasteiger partial charge in [-0.3, -0.25) is 0 Å². The van der Waals surface area contributed by atoms with Crippen LogP contribution in [0.25, 0.3) is 0 Å². The van der Waals surface area contributed by atoms with E-state index in [1.807, 2.05) is 6.92 Å². The first-order chi connectivity index (χ1) is 8.49. The molecule has 7 nitrogen and oxygen atoms in total. The molecule has 2 atom stereocenters. The van der Waals surface area contributed by atoms with Crippen molar-refractivity contribution in [2.75, 3.05) is 26.2 Å². The van der Waals surface area contributed by atoms with Crippen molar-refractivity contribution in [3.63, 3.8) is 0 Å². The van der Waals surface area contributed by atoms with Gasteiger partial charge in [-0.2, -0.15) is 0 Å². The second-order valence-electron chi connectivity index (χ2n) is 4.62. The topological polar surface area (TPSA) is 102 Å². The molecule has 7 heteroatoms. The summed E-state index contributed by atoms with van der Waals surface area (Å²) in [5.41, 5.74) is 0. The van der Waals surface area contributed by atoms with Gasteiger partial charge >= 0.3 is 12.0 Å². The average molecular weight is 259 g/mol. The number of amides is 2. The highest BCUT2D eigenvalue weighted by molar-refractivity contribution is 5.76.